The zero-order valence-electron chi connectivity index (χ0n) is 18.4. The SMILES string of the molecule is Cc1ccccc1C(=O)Nc1ccc(C(=O)N2CCCC(N(C)C)c3cc(Cl)ccc32)s1. The van der Waals surface area contributed by atoms with Gasteiger partial charge in [0.05, 0.1) is 9.88 Å². The molecular weight excluding hydrogens is 442 g/mol. The summed E-state index contributed by atoms with van der Waals surface area (Å²) in [6.45, 7) is 2.54. The van der Waals surface area contributed by atoms with E-state index in [-0.39, 0.29) is 17.9 Å². The maximum Gasteiger partial charge on any atom is 0.268 e. The number of fused-ring (bicyclic) bond motifs is 1. The number of carbonyl (C=O) groups excluding carboxylic acids is 2. The molecule has 3 aromatic rings. The van der Waals surface area contributed by atoms with Gasteiger partial charge >= 0.3 is 0 Å². The van der Waals surface area contributed by atoms with Crippen molar-refractivity contribution >= 4 is 45.4 Å². The first-order valence-electron chi connectivity index (χ1n) is 10.6. The van der Waals surface area contributed by atoms with Gasteiger partial charge in [0.1, 0.15) is 0 Å². The second-order valence-corrected chi connectivity index (χ2v) is 9.73. The predicted molar refractivity (Wildman–Crippen MR) is 132 cm³/mol. The maximum absolute atomic E-state index is 13.5. The molecule has 0 saturated carbocycles. The van der Waals surface area contributed by atoms with E-state index in [1.54, 1.807) is 18.2 Å². The molecule has 0 radical (unpaired) electrons. The molecule has 0 spiro atoms. The number of thiophene rings is 1. The van der Waals surface area contributed by atoms with E-state index in [0.29, 0.717) is 27.0 Å². The van der Waals surface area contributed by atoms with E-state index in [9.17, 15) is 9.59 Å². The fourth-order valence-corrected chi connectivity index (χ4v) is 5.19. The van der Waals surface area contributed by atoms with Crippen molar-refractivity contribution in [3.8, 4) is 0 Å². The van der Waals surface area contributed by atoms with Crippen molar-refractivity contribution < 1.29 is 9.59 Å². The second kappa shape index (κ2) is 9.45. The molecule has 2 heterocycles. The van der Waals surface area contributed by atoms with Crippen LogP contribution in [0.3, 0.4) is 0 Å². The summed E-state index contributed by atoms with van der Waals surface area (Å²) in [6, 6.07) is 17.0. The van der Waals surface area contributed by atoms with Gasteiger partial charge in [-0.3, -0.25) is 9.59 Å². The van der Waals surface area contributed by atoms with Gasteiger partial charge in [-0.1, -0.05) is 29.8 Å². The van der Waals surface area contributed by atoms with Crippen molar-refractivity contribution in [2.24, 2.45) is 0 Å². The van der Waals surface area contributed by atoms with E-state index in [0.717, 1.165) is 29.7 Å². The molecule has 1 aliphatic heterocycles. The van der Waals surface area contributed by atoms with Crippen LogP contribution in [0, 0.1) is 6.92 Å². The molecule has 2 amide bonds. The molecule has 1 aromatic heterocycles. The molecule has 166 valence electrons. The number of rotatable bonds is 4. The number of hydrogen-bond donors (Lipinski definition) is 1. The van der Waals surface area contributed by atoms with Gasteiger partial charge in [-0.15, -0.1) is 11.3 Å². The molecule has 0 aliphatic carbocycles. The Kier molecular flexibility index (Phi) is 6.65. The molecule has 7 heteroatoms. The summed E-state index contributed by atoms with van der Waals surface area (Å²) in [5.74, 6) is -0.234. The molecule has 1 atom stereocenters. The normalized spacial score (nSPS) is 15.9. The lowest BCUT2D eigenvalue weighted by Gasteiger charge is -2.27. The van der Waals surface area contributed by atoms with Gasteiger partial charge in [0.2, 0.25) is 0 Å². The van der Waals surface area contributed by atoms with Crippen LogP contribution < -0.4 is 10.2 Å². The van der Waals surface area contributed by atoms with Gasteiger partial charge in [0, 0.05) is 28.9 Å². The number of carbonyl (C=O) groups is 2. The lowest BCUT2D eigenvalue weighted by atomic mass is 10.0. The van der Waals surface area contributed by atoms with Crippen LogP contribution in [0.2, 0.25) is 5.02 Å². The lowest BCUT2D eigenvalue weighted by molar-refractivity contribution is 0.0988. The summed E-state index contributed by atoms with van der Waals surface area (Å²) in [6.07, 6.45) is 1.84. The summed E-state index contributed by atoms with van der Waals surface area (Å²) in [5, 5.41) is 4.24. The number of nitrogens with zero attached hydrogens (tertiary/aromatic N) is 2. The minimum absolute atomic E-state index is 0.0608. The van der Waals surface area contributed by atoms with Crippen molar-refractivity contribution in [1.82, 2.24) is 4.90 Å². The van der Waals surface area contributed by atoms with E-state index in [4.69, 9.17) is 11.6 Å². The van der Waals surface area contributed by atoms with Gasteiger partial charge in [-0.05, 0) is 81.4 Å². The fraction of sp³-hybridized carbons (Fsp3) is 0.280. The molecule has 1 unspecified atom stereocenters. The highest BCUT2D eigenvalue weighted by Gasteiger charge is 2.29. The van der Waals surface area contributed by atoms with E-state index < -0.39 is 0 Å². The number of aryl methyl sites for hydroxylation is 1. The van der Waals surface area contributed by atoms with Crippen LogP contribution in [0.5, 0.6) is 0 Å². The first kappa shape index (κ1) is 22.5. The molecule has 4 rings (SSSR count). The average molecular weight is 468 g/mol. The predicted octanol–water partition coefficient (Wildman–Crippen LogP) is 6.01. The van der Waals surface area contributed by atoms with E-state index in [1.165, 1.54) is 11.3 Å². The fourth-order valence-electron chi connectivity index (χ4n) is 4.16. The summed E-state index contributed by atoms with van der Waals surface area (Å²) in [7, 11) is 4.10. The number of hydrogen-bond acceptors (Lipinski definition) is 4. The topological polar surface area (TPSA) is 52.7 Å². The molecule has 1 aliphatic rings. The third-order valence-corrected chi connectivity index (χ3v) is 7.03. The number of nitrogens with one attached hydrogen (secondary N) is 1. The van der Waals surface area contributed by atoms with Crippen molar-refractivity contribution in [2.45, 2.75) is 25.8 Å². The van der Waals surface area contributed by atoms with Gasteiger partial charge in [0.15, 0.2) is 0 Å². The minimum Gasteiger partial charge on any atom is -0.314 e. The number of benzene rings is 2. The molecule has 1 N–H and O–H groups in total. The van der Waals surface area contributed by atoms with Gasteiger partial charge in [0.25, 0.3) is 11.8 Å². The van der Waals surface area contributed by atoms with Gasteiger partial charge in [-0.25, -0.2) is 0 Å². The Labute approximate surface area is 197 Å². The Balaban J connectivity index is 1.58. The average Bonchev–Trinajstić information content (AvgIpc) is 3.13. The maximum atomic E-state index is 13.5. The van der Waals surface area contributed by atoms with Crippen LogP contribution in [0.1, 0.15) is 50.0 Å². The zero-order valence-corrected chi connectivity index (χ0v) is 20.0. The Morgan fingerprint density at radius 3 is 2.66 bits per heavy atom. The summed E-state index contributed by atoms with van der Waals surface area (Å²) in [4.78, 5) is 30.7. The number of halogens is 1. The van der Waals surface area contributed by atoms with E-state index >= 15 is 0 Å². The molecule has 32 heavy (non-hydrogen) atoms. The summed E-state index contributed by atoms with van der Waals surface area (Å²) in [5.41, 5.74) is 3.50. The van der Waals surface area contributed by atoms with Crippen LogP contribution in [0.25, 0.3) is 0 Å². The molecular formula is C25H26ClN3O2S. The highest BCUT2D eigenvalue weighted by atomic mass is 35.5. The van der Waals surface area contributed by atoms with E-state index in [1.807, 2.05) is 48.2 Å². The van der Waals surface area contributed by atoms with Crippen molar-refractivity contribution in [1.29, 1.82) is 0 Å². The van der Waals surface area contributed by atoms with E-state index in [2.05, 4.69) is 24.3 Å². The molecule has 2 aromatic carbocycles. The quantitative estimate of drug-likeness (QED) is 0.511. The molecule has 5 nitrogen and oxygen atoms in total. The van der Waals surface area contributed by atoms with Crippen LogP contribution in [0.4, 0.5) is 10.7 Å². The molecule has 0 bridgehead atoms. The van der Waals surface area contributed by atoms with Gasteiger partial charge < -0.3 is 15.1 Å². The van der Waals surface area contributed by atoms with Crippen molar-refractivity contribution in [3.63, 3.8) is 0 Å². The highest BCUT2D eigenvalue weighted by molar-refractivity contribution is 7.18. The molecule has 0 saturated heterocycles. The summed E-state index contributed by atoms with van der Waals surface area (Å²) < 4.78 is 0. The smallest absolute Gasteiger partial charge is 0.268 e. The Hall–Kier alpha value is -2.67. The van der Waals surface area contributed by atoms with Crippen LogP contribution in [0.15, 0.2) is 54.6 Å². The number of amides is 2. The zero-order chi connectivity index (χ0) is 22.8. The van der Waals surface area contributed by atoms with Crippen LogP contribution >= 0.6 is 22.9 Å². The summed E-state index contributed by atoms with van der Waals surface area (Å²) >= 11 is 7.59. The second-order valence-electron chi connectivity index (χ2n) is 8.21. The Morgan fingerprint density at radius 1 is 1.12 bits per heavy atom. The monoisotopic (exact) mass is 467 g/mol. The third kappa shape index (κ3) is 4.58. The van der Waals surface area contributed by atoms with Crippen LogP contribution in [-0.2, 0) is 0 Å². The lowest BCUT2D eigenvalue weighted by Crippen LogP contribution is -2.31. The Morgan fingerprint density at radius 2 is 1.91 bits per heavy atom. The van der Waals surface area contributed by atoms with Gasteiger partial charge in [-0.2, -0.15) is 0 Å². The third-order valence-electron chi connectivity index (χ3n) is 5.81. The van der Waals surface area contributed by atoms with Crippen LogP contribution in [-0.4, -0.2) is 37.4 Å². The Bertz CT molecular complexity index is 1160. The minimum atomic E-state index is -0.174. The standard InChI is InChI=1S/C25H26ClN3O2S/c1-16-7-4-5-8-18(16)24(30)27-23-13-12-22(32-23)25(31)29-14-6-9-20(28(2)3)19-15-17(26)10-11-21(19)29/h4-5,7-8,10-13,15,20H,6,9,14H2,1-3H3,(H,27,30). The number of anilines is 2. The first-order valence-corrected chi connectivity index (χ1v) is 11.8. The highest BCUT2D eigenvalue weighted by Crippen LogP contribution is 2.38. The first-order chi connectivity index (χ1) is 15.3. The molecule has 0 fully saturated rings. The largest absolute Gasteiger partial charge is 0.314 e. The van der Waals surface area contributed by atoms with Crippen molar-refractivity contribution in [3.05, 3.63) is 81.2 Å². The van der Waals surface area contributed by atoms with Crippen molar-refractivity contribution in [2.75, 3.05) is 30.9 Å².